The normalized spacial score (nSPS) is 13.6. The summed E-state index contributed by atoms with van der Waals surface area (Å²) in [4.78, 5) is 142. The van der Waals surface area contributed by atoms with Crippen molar-refractivity contribution in [2.45, 2.75) is 350 Å². The number of carbonyl (C=O) groups excluding carboxylic acids is 12. The summed E-state index contributed by atoms with van der Waals surface area (Å²) in [5, 5.41) is 16.2. The highest BCUT2D eigenvalue weighted by molar-refractivity contribution is 5.95. The van der Waals surface area contributed by atoms with Gasteiger partial charge < -0.3 is 54.8 Å². The maximum atomic E-state index is 12.6. The fourth-order valence-corrected chi connectivity index (χ4v) is 9.24. The van der Waals surface area contributed by atoms with Gasteiger partial charge in [-0.2, -0.15) is 0 Å². The zero-order valence-corrected chi connectivity index (χ0v) is 74.8. The van der Waals surface area contributed by atoms with Crippen LogP contribution in [0.3, 0.4) is 0 Å². The Morgan fingerprint density at radius 2 is 0.604 bits per heavy atom. The van der Waals surface area contributed by atoms with Crippen LogP contribution in [0.15, 0.2) is 0 Å². The summed E-state index contributed by atoms with van der Waals surface area (Å²) < 4.78 is 0. The highest BCUT2D eigenvalue weighted by Gasteiger charge is 2.36. The number of Topliss-reactive ketones (excluding diaryl/α,β-unsaturated/α-hetero) is 6. The van der Waals surface area contributed by atoms with Gasteiger partial charge in [-0.25, -0.2) is 9.59 Å². The maximum absolute atomic E-state index is 12.6. The van der Waals surface area contributed by atoms with Crippen LogP contribution in [0, 0.1) is 92.7 Å². The molecule has 0 aromatic carbocycles. The van der Waals surface area contributed by atoms with Crippen LogP contribution >= 0.6 is 0 Å². The van der Waals surface area contributed by atoms with E-state index in [1.165, 1.54) is 13.8 Å². The number of hydrogen-bond acceptors (Lipinski definition) is 14. The predicted molar refractivity (Wildman–Crippen MR) is 442 cm³/mol. The highest BCUT2D eigenvalue weighted by Crippen LogP contribution is 2.29. The van der Waals surface area contributed by atoms with Gasteiger partial charge in [0, 0.05) is 98.2 Å². The zero-order valence-electron chi connectivity index (χ0n) is 74.8. The Kier molecular flexibility index (Phi) is 68.1. The molecule has 0 saturated heterocycles. The van der Waals surface area contributed by atoms with E-state index >= 15 is 0 Å². The Bertz CT molecular complexity index is 2260. The van der Waals surface area contributed by atoms with Gasteiger partial charge in [-0.3, -0.25) is 47.9 Å². The summed E-state index contributed by atoms with van der Waals surface area (Å²) in [6.07, 6.45) is 6.47. The molecule has 8 atom stereocenters. The molecule has 0 aliphatic carbocycles. The Balaban J connectivity index is -0.000000187. The molecule has 0 aromatic heterocycles. The molecule has 0 saturated carbocycles. The largest absolute Gasteiger partial charge is 0.356 e. The van der Waals surface area contributed by atoms with Crippen molar-refractivity contribution in [2.24, 2.45) is 116 Å². The van der Waals surface area contributed by atoms with Gasteiger partial charge in [-0.1, -0.05) is 235 Å². The smallest absolute Gasteiger partial charge is 0.312 e. The van der Waals surface area contributed by atoms with Gasteiger partial charge in [0.1, 0.15) is 17.3 Å². The number of amides is 8. The molecule has 0 aliphatic heterocycles. The molecule has 0 spiro atoms. The van der Waals surface area contributed by atoms with Gasteiger partial charge in [-0.05, 0) is 112 Å². The Hall–Kier alpha value is -5.64. The molecule has 0 fully saturated rings. The predicted octanol–water partition coefficient (Wildman–Crippen LogP) is 15.2. The minimum Gasteiger partial charge on any atom is -0.356 e. The number of ketones is 6. The van der Waals surface area contributed by atoms with E-state index in [9.17, 15) is 57.5 Å². The van der Waals surface area contributed by atoms with E-state index in [4.69, 9.17) is 22.9 Å². The fraction of sp³-hybridized carbons (Fsp3) is 0.857. The number of carbonyl (C=O) groups is 12. The van der Waals surface area contributed by atoms with E-state index in [0.717, 1.165) is 30.1 Å². The van der Waals surface area contributed by atoms with Crippen LogP contribution in [0.2, 0.25) is 0 Å². The van der Waals surface area contributed by atoms with Crippen LogP contribution in [-0.2, 0) is 47.9 Å². The summed E-state index contributed by atoms with van der Waals surface area (Å²) in [5.74, 6) is 3.14. The minimum absolute atomic E-state index is 0.00155. The lowest BCUT2D eigenvalue weighted by molar-refractivity contribution is -0.134. The van der Waals surface area contributed by atoms with E-state index in [-0.39, 0.29) is 107 Å². The van der Waals surface area contributed by atoms with Crippen molar-refractivity contribution in [3.8, 4) is 0 Å². The van der Waals surface area contributed by atoms with E-state index in [2.05, 4.69) is 129 Å². The lowest BCUT2D eigenvalue weighted by Crippen LogP contribution is -2.48. The van der Waals surface area contributed by atoms with Crippen LogP contribution in [-0.4, -0.2) is 121 Å². The Morgan fingerprint density at radius 1 is 0.340 bits per heavy atom. The number of hydrogen-bond donors (Lipinski definition) is 10. The van der Waals surface area contributed by atoms with Crippen molar-refractivity contribution in [3.63, 3.8) is 0 Å². The third-order valence-electron chi connectivity index (χ3n) is 14.9. The molecule has 8 amide bonds. The first-order valence-corrected chi connectivity index (χ1v) is 39.7. The molecule has 0 bridgehead atoms. The first-order chi connectivity index (χ1) is 47.7. The van der Waals surface area contributed by atoms with Crippen molar-refractivity contribution < 1.29 is 57.5 Å². The lowest BCUT2D eigenvalue weighted by atomic mass is 9.78. The summed E-state index contributed by atoms with van der Waals surface area (Å²) >= 11 is 0. The molecule has 8 unspecified atom stereocenters. The third-order valence-corrected chi connectivity index (χ3v) is 14.9. The summed E-state index contributed by atoms with van der Waals surface area (Å²) in [6, 6.07) is -3.27. The maximum Gasteiger partial charge on any atom is 0.312 e. The average Bonchev–Trinajstić information content (AvgIpc) is 0.878. The van der Waals surface area contributed by atoms with Gasteiger partial charge in [-0.15, -0.1) is 0 Å². The van der Waals surface area contributed by atoms with Crippen molar-refractivity contribution in [2.75, 3.05) is 26.2 Å². The van der Waals surface area contributed by atoms with E-state index < -0.39 is 57.9 Å². The number of rotatable bonds is 36. The van der Waals surface area contributed by atoms with Gasteiger partial charge in [0.15, 0.2) is 17.3 Å². The second kappa shape index (κ2) is 62.2. The average molecular weight is 1510 g/mol. The zero-order chi connectivity index (χ0) is 85.7. The SMILES string of the molecule is CC(=O)NCCCC(CC(=O)C(N)C(C)C)C(=O)C(C)(C)C.CC(=O)NCCCC(CC(=O)C(N)CC(C)C)C(=O)C(C)(C)C.CC(C)C.CC(C)C.CC(C)C.CC(C)C.CC(C)C(C)C(=O)NC(CCCNC(N)=O)C(=O)C(C)(C)C.CC(C)CC(C)C(=O)NC(CCCNC(N)=O)C(=O)C(C)(C)C. The van der Waals surface area contributed by atoms with Crippen molar-refractivity contribution in [1.29, 1.82) is 0 Å². The lowest BCUT2D eigenvalue weighted by Gasteiger charge is -2.27. The molecule has 14 N–H and O–H groups in total. The molecular formula is C84H170N10O12. The molecule has 22 heteroatoms. The number of nitrogens with two attached hydrogens (primary N) is 4. The standard InChI is InChI=1S/C18H34N2O3.C17H33N3O3.C17H32N2O3.C16H31N3O3.4C4H10/c1-12(2)10-15(19)16(22)11-14(17(23)18(4,5)6)8-7-9-20-13(3)21;1-11(2)10-12(3)15(22)20-13(14(21)17(4,5)6)8-7-9-19-16(18)23;1-11(2)15(18)14(21)10-13(16(22)17(4,5)6)8-7-9-19-12(3)20;1-10(2)11(3)14(21)19-12(13(20)16(4,5)6)8-7-9-18-15(17)22;4*1-4(2)3/h12,14-15H,7-11,19H2,1-6H3,(H,20,21);11-13H,7-10H2,1-6H3,(H,20,22)(H3,18,19,23);11,13,15H,7-10,18H2,1-6H3,(H,19,20);10-12H,7-9H2,1-6H3,(H,19,21)(H3,17,18,22);4*4H,1-3H3. The molecule has 0 rings (SSSR count). The van der Waals surface area contributed by atoms with Crippen molar-refractivity contribution >= 4 is 70.4 Å². The number of primary amides is 2. The van der Waals surface area contributed by atoms with Crippen molar-refractivity contribution in [3.05, 3.63) is 0 Å². The van der Waals surface area contributed by atoms with Gasteiger partial charge >= 0.3 is 12.1 Å². The first-order valence-electron chi connectivity index (χ1n) is 39.7. The summed E-state index contributed by atoms with van der Waals surface area (Å²) in [6.45, 7) is 72.6. The second-order valence-electron chi connectivity index (χ2n) is 36.9. The highest BCUT2D eigenvalue weighted by atomic mass is 16.2. The van der Waals surface area contributed by atoms with Crippen molar-refractivity contribution in [1.82, 2.24) is 31.9 Å². The molecule has 22 nitrogen and oxygen atoms in total. The molecule has 0 heterocycles. The quantitative estimate of drug-likeness (QED) is 0.0261. The summed E-state index contributed by atoms with van der Waals surface area (Å²) in [5.41, 5.74) is 19.8. The van der Waals surface area contributed by atoms with Crippen LogP contribution in [0.5, 0.6) is 0 Å². The van der Waals surface area contributed by atoms with Gasteiger partial charge in [0.2, 0.25) is 23.6 Å². The van der Waals surface area contributed by atoms with Gasteiger partial charge in [0.05, 0.1) is 24.2 Å². The number of urea groups is 2. The molecular weight excluding hydrogens is 1340 g/mol. The number of nitrogens with one attached hydrogen (secondary N) is 6. The Morgan fingerprint density at radius 3 is 0.849 bits per heavy atom. The molecule has 0 aromatic rings. The van der Waals surface area contributed by atoms with Crippen LogP contribution < -0.4 is 54.8 Å². The molecule has 628 valence electrons. The van der Waals surface area contributed by atoms with Crippen LogP contribution in [0.4, 0.5) is 9.59 Å². The van der Waals surface area contributed by atoms with Gasteiger partial charge in [0.25, 0.3) is 0 Å². The van der Waals surface area contributed by atoms with E-state index in [1.54, 1.807) is 0 Å². The molecule has 0 aliphatic rings. The second-order valence-corrected chi connectivity index (χ2v) is 36.9. The van der Waals surface area contributed by atoms with E-state index in [1.807, 2.05) is 138 Å². The Labute approximate surface area is 649 Å². The molecule has 106 heavy (non-hydrogen) atoms. The monoisotopic (exact) mass is 1510 g/mol. The topological polar surface area (TPSA) is 381 Å². The summed E-state index contributed by atoms with van der Waals surface area (Å²) in [7, 11) is 0. The van der Waals surface area contributed by atoms with Crippen LogP contribution in [0.25, 0.3) is 0 Å². The van der Waals surface area contributed by atoms with E-state index in [0.29, 0.717) is 95.8 Å². The van der Waals surface area contributed by atoms with Crippen LogP contribution in [0.1, 0.15) is 326 Å². The minimum atomic E-state index is -0.587. The third kappa shape index (κ3) is 76.6. The fourth-order valence-electron chi connectivity index (χ4n) is 9.24. The first kappa shape index (κ1) is 116. The molecule has 0 radical (unpaired) electrons.